The molecule has 1 aliphatic heterocycles. The summed E-state index contributed by atoms with van der Waals surface area (Å²) in [6.07, 6.45) is 0. The molecule has 3 nitrogen and oxygen atoms in total. The second-order valence-electron chi connectivity index (χ2n) is 8.34. The summed E-state index contributed by atoms with van der Waals surface area (Å²) in [6, 6.07) is 0. The zero-order valence-corrected chi connectivity index (χ0v) is 15.6. The fourth-order valence-corrected chi connectivity index (χ4v) is 3.77. The second kappa shape index (κ2) is 4.38. The number of ether oxygens (including phenoxy) is 2. The third kappa shape index (κ3) is 2.03. The smallest absolute Gasteiger partial charge is 0.253 e. The van der Waals surface area contributed by atoms with Crippen LogP contribution in [-0.2, 0) is 5.41 Å². The molecule has 1 aromatic carbocycles. The lowest BCUT2D eigenvalue weighted by molar-refractivity contribution is -0.142. The topological polar surface area (TPSA) is 31.4 Å². The third-order valence-corrected chi connectivity index (χ3v) is 5.46. The largest absolute Gasteiger partial charge is 0.448 e. The van der Waals surface area contributed by atoms with Crippen LogP contribution in [0.1, 0.15) is 59.6 Å². The monoisotopic (exact) mass is 319 g/mol. The van der Waals surface area contributed by atoms with Crippen LogP contribution >= 0.6 is 11.3 Å². The van der Waals surface area contributed by atoms with Crippen molar-refractivity contribution in [2.45, 2.75) is 66.6 Å². The van der Waals surface area contributed by atoms with Crippen LogP contribution in [-0.4, -0.2) is 10.8 Å². The van der Waals surface area contributed by atoms with Gasteiger partial charge in [-0.2, -0.15) is 0 Å². The van der Waals surface area contributed by atoms with E-state index in [0.717, 1.165) is 27.3 Å². The fraction of sp³-hybridized carbons (Fsp3) is 0.611. The molecule has 0 spiro atoms. The van der Waals surface area contributed by atoms with Crippen LogP contribution in [0.15, 0.2) is 5.51 Å². The van der Waals surface area contributed by atoms with Crippen LogP contribution in [0.5, 0.6) is 11.5 Å². The van der Waals surface area contributed by atoms with Gasteiger partial charge in [0.05, 0.1) is 11.0 Å². The summed E-state index contributed by atoms with van der Waals surface area (Å²) in [7, 11) is 0. The summed E-state index contributed by atoms with van der Waals surface area (Å²) in [5, 5.41) is 0. The van der Waals surface area contributed by atoms with Gasteiger partial charge < -0.3 is 9.47 Å². The highest BCUT2D eigenvalue weighted by Gasteiger charge is 2.49. The van der Waals surface area contributed by atoms with Crippen LogP contribution in [0.3, 0.4) is 0 Å². The van der Waals surface area contributed by atoms with E-state index in [1.54, 1.807) is 11.3 Å². The number of hydrogen-bond donors (Lipinski definition) is 0. The molecule has 1 unspecified atom stereocenters. The molecule has 4 heteroatoms. The van der Waals surface area contributed by atoms with Crippen LogP contribution in [0.2, 0.25) is 0 Å². The van der Waals surface area contributed by atoms with Gasteiger partial charge in [0, 0.05) is 17.9 Å². The van der Waals surface area contributed by atoms with Gasteiger partial charge in [-0.3, -0.25) is 0 Å². The number of rotatable bonds is 0. The predicted molar refractivity (Wildman–Crippen MR) is 92.2 cm³/mol. The molecule has 0 saturated carbocycles. The molecular weight excluding hydrogens is 294 g/mol. The molecule has 0 radical (unpaired) electrons. The Kier molecular flexibility index (Phi) is 3.10. The highest BCUT2D eigenvalue weighted by molar-refractivity contribution is 7.17. The molecule has 0 aliphatic carbocycles. The van der Waals surface area contributed by atoms with Crippen LogP contribution in [0.25, 0.3) is 10.2 Å². The first-order chi connectivity index (χ1) is 9.96. The van der Waals surface area contributed by atoms with Crippen molar-refractivity contribution in [2.24, 2.45) is 5.41 Å². The first-order valence-electron chi connectivity index (χ1n) is 7.74. The number of nitrogens with zero attached hydrogens (tertiary/aromatic N) is 1. The van der Waals surface area contributed by atoms with Crippen molar-refractivity contribution in [1.29, 1.82) is 0 Å². The van der Waals surface area contributed by atoms with E-state index >= 15 is 0 Å². The van der Waals surface area contributed by atoms with Gasteiger partial charge in [0.15, 0.2) is 11.5 Å². The molecule has 0 fully saturated rings. The third-order valence-electron chi connectivity index (χ3n) is 4.64. The van der Waals surface area contributed by atoms with E-state index in [9.17, 15) is 0 Å². The van der Waals surface area contributed by atoms with Gasteiger partial charge in [-0.15, -0.1) is 11.3 Å². The Balaban J connectivity index is 2.31. The van der Waals surface area contributed by atoms with E-state index in [1.165, 1.54) is 5.56 Å². The quantitative estimate of drug-likeness (QED) is 0.648. The van der Waals surface area contributed by atoms with Crippen molar-refractivity contribution in [3.05, 3.63) is 16.6 Å². The van der Waals surface area contributed by atoms with Crippen molar-refractivity contribution < 1.29 is 9.47 Å². The number of thiazole rings is 1. The second-order valence-corrected chi connectivity index (χ2v) is 9.19. The van der Waals surface area contributed by atoms with E-state index in [0.29, 0.717) is 0 Å². The van der Waals surface area contributed by atoms with Gasteiger partial charge in [0.1, 0.15) is 4.70 Å². The van der Waals surface area contributed by atoms with E-state index in [1.807, 2.05) is 12.4 Å². The van der Waals surface area contributed by atoms with Gasteiger partial charge in [-0.1, -0.05) is 41.5 Å². The fourth-order valence-electron chi connectivity index (χ4n) is 3.00. The summed E-state index contributed by atoms with van der Waals surface area (Å²) in [6.45, 7) is 17.2. The molecule has 1 aliphatic rings. The Morgan fingerprint density at radius 1 is 1.05 bits per heavy atom. The zero-order valence-electron chi connectivity index (χ0n) is 14.7. The minimum atomic E-state index is -0.659. The predicted octanol–water partition coefficient (Wildman–Crippen LogP) is 5.44. The highest BCUT2D eigenvalue weighted by Crippen LogP contribution is 2.54. The molecule has 2 aromatic rings. The molecule has 0 amide bonds. The van der Waals surface area contributed by atoms with Gasteiger partial charge in [0.2, 0.25) is 0 Å². The Hall–Kier alpha value is -1.29. The van der Waals surface area contributed by atoms with Crippen molar-refractivity contribution >= 4 is 21.6 Å². The molecule has 0 saturated heterocycles. The standard InChI is InChI=1S/C18H25NO2S/c1-10-11(16(2,3)4)12-15(22-9-19-12)14-13(10)20-18(8,21-14)17(5,6)7/h9H,1-8H3. The van der Waals surface area contributed by atoms with Crippen molar-refractivity contribution in [2.75, 3.05) is 0 Å². The number of hydrogen-bond acceptors (Lipinski definition) is 4. The van der Waals surface area contributed by atoms with Gasteiger partial charge in [0.25, 0.3) is 5.79 Å². The van der Waals surface area contributed by atoms with E-state index in [4.69, 9.17) is 9.47 Å². The first-order valence-corrected chi connectivity index (χ1v) is 8.62. The summed E-state index contributed by atoms with van der Waals surface area (Å²) >= 11 is 1.63. The SMILES string of the molecule is Cc1c2c(c3scnc3c1C(C)(C)C)OC(C)(C(C)(C)C)O2. The summed E-state index contributed by atoms with van der Waals surface area (Å²) in [4.78, 5) is 4.62. The van der Waals surface area contributed by atoms with Crippen LogP contribution in [0.4, 0.5) is 0 Å². The van der Waals surface area contributed by atoms with E-state index in [-0.39, 0.29) is 10.8 Å². The average Bonchev–Trinajstić information content (AvgIpc) is 2.90. The van der Waals surface area contributed by atoms with Gasteiger partial charge in [-0.05, 0) is 17.9 Å². The van der Waals surface area contributed by atoms with Gasteiger partial charge >= 0.3 is 0 Å². The number of aromatic nitrogens is 1. The maximum Gasteiger partial charge on any atom is 0.253 e. The summed E-state index contributed by atoms with van der Waals surface area (Å²) < 4.78 is 13.8. The Labute approximate surface area is 136 Å². The molecule has 3 rings (SSSR count). The molecule has 1 aromatic heterocycles. The van der Waals surface area contributed by atoms with Crippen molar-refractivity contribution in [3.63, 3.8) is 0 Å². The Morgan fingerprint density at radius 2 is 1.64 bits per heavy atom. The lowest BCUT2D eigenvalue weighted by Crippen LogP contribution is -2.47. The maximum atomic E-state index is 6.36. The van der Waals surface area contributed by atoms with Crippen molar-refractivity contribution in [3.8, 4) is 11.5 Å². The minimum Gasteiger partial charge on any atom is -0.448 e. The first kappa shape index (κ1) is 15.6. The van der Waals surface area contributed by atoms with E-state index < -0.39 is 5.79 Å². The average molecular weight is 319 g/mol. The molecule has 120 valence electrons. The van der Waals surface area contributed by atoms with Gasteiger partial charge in [-0.25, -0.2) is 4.98 Å². The zero-order chi connectivity index (χ0) is 16.5. The number of benzene rings is 1. The van der Waals surface area contributed by atoms with E-state index in [2.05, 4.69) is 53.5 Å². The van der Waals surface area contributed by atoms with Crippen molar-refractivity contribution in [1.82, 2.24) is 4.98 Å². The lowest BCUT2D eigenvalue weighted by Gasteiger charge is -2.36. The Bertz CT molecular complexity index is 749. The summed E-state index contributed by atoms with van der Waals surface area (Å²) in [5.41, 5.74) is 5.23. The number of fused-ring (bicyclic) bond motifs is 3. The molecule has 2 heterocycles. The normalized spacial score (nSPS) is 21.6. The molecule has 0 N–H and O–H groups in total. The van der Waals surface area contributed by atoms with Crippen LogP contribution in [0, 0.1) is 12.3 Å². The summed E-state index contributed by atoms with van der Waals surface area (Å²) in [5.74, 6) is 1.09. The molecule has 0 bridgehead atoms. The molecule has 22 heavy (non-hydrogen) atoms. The Morgan fingerprint density at radius 3 is 2.18 bits per heavy atom. The van der Waals surface area contributed by atoms with Crippen LogP contribution < -0.4 is 9.47 Å². The highest BCUT2D eigenvalue weighted by atomic mass is 32.1. The molecule has 1 atom stereocenters. The maximum absolute atomic E-state index is 6.36. The minimum absolute atomic E-state index is 0.00945. The lowest BCUT2D eigenvalue weighted by atomic mass is 9.83. The molecular formula is C18H25NO2S.